The SMILES string of the molecule is Cc1cccc2c(=O)sn(C=Nc3ccc(Br)cc3)c12. The molecular weight excluding hydrogens is 336 g/mol. The molecule has 0 amide bonds. The molecule has 0 N–H and O–H groups in total. The molecule has 3 rings (SSSR count). The van der Waals surface area contributed by atoms with E-state index in [1.165, 1.54) is 11.5 Å². The second-order valence-electron chi connectivity index (χ2n) is 4.40. The van der Waals surface area contributed by atoms with E-state index in [1.807, 2.05) is 53.3 Å². The molecule has 0 spiro atoms. The number of fused-ring (bicyclic) bond motifs is 1. The number of benzene rings is 2. The number of hydrogen-bond donors (Lipinski definition) is 0. The lowest BCUT2D eigenvalue weighted by Crippen LogP contribution is -1.91. The van der Waals surface area contributed by atoms with Gasteiger partial charge in [-0.1, -0.05) is 28.1 Å². The van der Waals surface area contributed by atoms with Crippen molar-refractivity contribution in [2.75, 3.05) is 0 Å². The van der Waals surface area contributed by atoms with Crippen molar-refractivity contribution >= 4 is 50.4 Å². The third-order valence-electron chi connectivity index (χ3n) is 3.00. The van der Waals surface area contributed by atoms with Gasteiger partial charge in [-0.3, -0.25) is 8.75 Å². The van der Waals surface area contributed by atoms with Gasteiger partial charge >= 0.3 is 0 Å². The molecule has 0 saturated heterocycles. The quantitative estimate of drug-likeness (QED) is 0.502. The van der Waals surface area contributed by atoms with E-state index >= 15 is 0 Å². The van der Waals surface area contributed by atoms with Gasteiger partial charge in [0.2, 0.25) is 0 Å². The minimum absolute atomic E-state index is 0.0611. The second kappa shape index (κ2) is 5.34. The van der Waals surface area contributed by atoms with Crippen molar-refractivity contribution in [1.82, 2.24) is 3.96 Å². The van der Waals surface area contributed by atoms with Gasteiger partial charge < -0.3 is 0 Å². The van der Waals surface area contributed by atoms with E-state index in [-0.39, 0.29) is 4.74 Å². The highest BCUT2D eigenvalue weighted by molar-refractivity contribution is 9.10. The summed E-state index contributed by atoms with van der Waals surface area (Å²) in [7, 11) is 0. The van der Waals surface area contributed by atoms with E-state index in [4.69, 9.17) is 0 Å². The second-order valence-corrected chi connectivity index (χ2v) is 6.26. The number of aliphatic imine (C=N–C) groups is 1. The summed E-state index contributed by atoms with van der Waals surface area (Å²) in [6, 6.07) is 13.5. The maximum Gasteiger partial charge on any atom is 0.257 e. The van der Waals surface area contributed by atoms with Gasteiger partial charge in [-0.05, 0) is 54.4 Å². The molecule has 3 nitrogen and oxygen atoms in total. The van der Waals surface area contributed by atoms with Crippen LogP contribution in [0.15, 0.2) is 56.7 Å². The van der Waals surface area contributed by atoms with Crippen molar-refractivity contribution in [3.63, 3.8) is 0 Å². The molecule has 0 fully saturated rings. The molecule has 3 aromatic rings. The van der Waals surface area contributed by atoms with Crippen molar-refractivity contribution in [2.45, 2.75) is 6.92 Å². The number of nitrogens with zero attached hydrogens (tertiary/aromatic N) is 2. The fourth-order valence-corrected chi connectivity index (χ4v) is 3.16. The number of hydrogen-bond acceptors (Lipinski definition) is 3. The summed E-state index contributed by atoms with van der Waals surface area (Å²) in [5.74, 6) is 0. The third-order valence-corrected chi connectivity index (χ3v) is 4.39. The molecule has 0 unspecified atom stereocenters. The van der Waals surface area contributed by atoms with Crippen LogP contribution in [-0.4, -0.2) is 10.3 Å². The molecule has 20 heavy (non-hydrogen) atoms. The molecule has 0 radical (unpaired) electrons. The van der Waals surface area contributed by atoms with Crippen LogP contribution >= 0.6 is 27.5 Å². The third kappa shape index (κ3) is 2.46. The number of para-hydroxylation sites is 1. The smallest absolute Gasteiger partial charge is 0.257 e. The summed E-state index contributed by atoms with van der Waals surface area (Å²) in [4.78, 5) is 16.3. The van der Waals surface area contributed by atoms with Crippen molar-refractivity contribution in [3.8, 4) is 0 Å². The molecule has 0 saturated carbocycles. The van der Waals surface area contributed by atoms with Gasteiger partial charge in [-0.25, -0.2) is 4.99 Å². The van der Waals surface area contributed by atoms with Gasteiger partial charge in [0, 0.05) is 4.47 Å². The first-order valence-corrected chi connectivity index (χ1v) is 7.63. The summed E-state index contributed by atoms with van der Waals surface area (Å²) in [5, 5.41) is 0.747. The maximum atomic E-state index is 11.9. The monoisotopic (exact) mass is 346 g/mol. The maximum absolute atomic E-state index is 11.9. The van der Waals surface area contributed by atoms with Crippen LogP contribution in [0.3, 0.4) is 0 Å². The molecule has 2 aromatic carbocycles. The van der Waals surface area contributed by atoms with Gasteiger partial charge in [-0.2, -0.15) is 0 Å². The standard InChI is InChI=1S/C15H11BrN2OS/c1-10-3-2-4-13-14(10)18(20-15(13)19)9-17-12-7-5-11(16)6-8-12/h2-9H,1H3. The Morgan fingerprint density at radius 1 is 1.20 bits per heavy atom. The molecule has 0 aliphatic carbocycles. The van der Waals surface area contributed by atoms with Gasteiger partial charge in [0.25, 0.3) is 4.74 Å². The van der Waals surface area contributed by atoms with E-state index in [9.17, 15) is 4.79 Å². The van der Waals surface area contributed by atoms with Crippen molar-refractivity contribution in [1.29, 1.82) is 0 Å². The molecule has 0 bridgehead atoms. The van der Waals surface area contributed by atoms with Crippen LogP contribution in [0.5, 0.6) is 0 Å². The first kappa shape index (κ1) is 13.3. The first-order chi connectivity index (χ1) is 9.65. The number of aryl methyl sites for hydroxylation is 1. The van der Waals surface area contributed by atoms with Crippen LogP contribution < -0.4 is 4.74 Å². The van der Waals surface area contributed by atoms with Crippen LogP contribution in [0.25, 0.3) is 10.9 Å². The predicted molar refractivity (Wildman–Crippen MR) is 88.5 cm³/mol. The largest absolute Gasteiger partial charge is 0.276 e. The summed E-state index contributed by atoms with van der Waals surface area (Å²) >= 11 is 4.56. The van der Waals surface area contributed by atoms with Crippen LogP contribution in [-0.2, 0) is 0 Å². The van der Waals surface area contributed by atoms with Crippen LogP contribution in [0.1, 0.15) is 5.56 Å². The fraction of sp³-hybridized carbons (Fsp3) is 0.0667. The van der Waals surface area contributed by atoms with Crippen molar-refractivity contribution in [2.24, 2.45) is 4.99 Å². The van der Waals surface area contributed by atoms with Gasteiger partial charge in [0.05, 0.1) is 16.6 Å². The molecule has 1 aromatic heterocycles. The first-order valence-electron chi connectivity index (χ1n) is 6.06. The predicted octanol–water partition coefficient (Wildman–Crippen LogP) is 4.34. The topological polar surface area (TPSA) is 34.4 Å². The molecule has 5 heteroatoms. The molecule has 1 heterocycles. The Balaban J connectivity index is 2.07. The van der Waals surface area contributed by atoms with Gasteiger partial charge in [0.15, 0.2) is 0 Å². The summed E-state index contributed by atoms with van der Waals surface area (Å²) < 4.78 is 2.91. The number of rotatable bonds is 2. The summed E-state index contributed by atoms with van der Waals surface area (Å²) in [6.07, 6.45) is 1.70. The van der Waals surface area contributed by atoms with E-state index in [0.717, 1.165) is 26.6 Å². The lowest BCUT2D eigenvalue weighted by Gasteiger charge is -1.99. The Hall–Kier alpha value is -1.72. The van der Waals surface area contributed by atoms with E-state index in [1.54, 1.807) is 6.34 Å². The zero-order valence-electron chi connectivity index (χ0n) is 10.7. The normalized spacial score (nSPS) is 11.5. The van der Waals surface area contributed by atoms with Crippen LogP contribution in [0.4, 0.5) is 5.69 Å². The molecular formula is C15H11BrN2OS. The Morgan fingerprint density at radius 3 is 2.70 bits per heavy atom. The van der Waals surface area contributed by atoms with E-state index < -0.39 is 0 Å². The summed E-state index contributed by atoms with van der Waals surface area (Å²) in [6.45, 7) is 2.00. The number of halogens is 1. The highest BCUT2D eigenvalue weighted by Gasteiger charge is 2.07. The molecule has 0 atom stereocenters. The Morgan fingerprint density at radius 2 is 1.95 bits per heavy atom. The molecule has 100 valence electrons. The Labute approximate surface area is 128 Å². The zero-order chi connectivity index (χ0) is 14.1. The number of aromatic nitrogens is 1. The zero-order valence-corrected chi connectivity index (χ0v) is 13.1. The average molecular weight is 347 g/mol. The molecule has 0 aliphatic rings. The van der Waals surface area contributed by atoms with Gasteiger partial charge in [-0.15, -0.1) is 0 Å². The van der Waals surface area contributed by atoms with Crippen LogP contribution in [0, 0.1) is 6.92 Å². The van der Waals surface area contributed by atoms with Crippen molar-refractivity contribution < 1.29 is 0 Å². The Bertz CT molecular complexity index is 846. The van der Waals surface area contributed by atoms with E-state index in [0.29, 0.717) is 0 Å². The highest BCUT2D eigenvalue weighted by Crippen LogP contribution is 2.19. The minimum Gasteiger partial charge on any atom is -0.276 e. The minimum atomic E-state index is 0.0611. The van der Waals surface area contributed by atoms with Crippen molar-refractivity contribution in [3.05, 3.63) is 62.0 Å². The fourth-order valence-electron chi connectivity index (χ4n) is 2.03. The Kier molecular flexibility index (Phi) is 3.54. The lowest BCUT2D eigenvalue weighted by atomic mass is 10.2. The summed E-state index contributed by atoms with van der Waals surface area (Å²) in [5.41, 5.74) is 2.86. The highest BCUT2D eigenvalue weighted by atomic mass is 79.9. The average Bonchev–Trinajstić information content (AvgIpc) is 2.77. The lowest BCUT2D eigenvalue weighted by molar-refractivity contribution is 1.35. The van der Waals surface area contributed by atoms with Gasteiger partial charge in [0.1, 0.15) is 6.34 Å². The van der Waals surface area contributed by atoms with Crippen LogP contribution in [0.2, 0.25) is 0 Å². The molecule has 0 aliphatic heterocycles. The van der Waals surface area contributed by atoms with E-state index in [2.05, 4.69) is 20.9 Å².